The van der Waals surface area contributed by atoms with Crippen LogP contribution in [-0.2, 0) is 11.3 Å². The number of nitrogens with two attached hydrogens (primary N) is 1. The zero-order valence-corrected chi connectivity index (χ0v) is 10.8. The highest BCUT2D eigenvalue weighted by molar-refractivity contribution is 6.30. The summed E-state index contributed by atoms with van der Waals surface area (Å²) in [7, 11) is 0. The number of aromatic nitrogens is 2. The van der Waals surface area contributed by atoms with E-state index in [-0.39, 0.29) is 0 Å². The van der Waals surface area contributed by atoms with Crippen molar-refractivity contribution in [1.29, 1.82) is 0 Å². The molecule has 0 saturated heterocycles. The molecule has 4 N–H and O–H groups in total. The lowest BCUT2D eigenvalue weighted by Gasteiger charge is -2.11. The summed E-state index contributed by atoms with van der Waals surface area (Å²) in [6.07, 6.45) is 3.96. The molecule has 1 aromatic rings. The van der Waals surface area contributed by atoms with Crippen LogP contribution in [0.15, 0.2) is 12.4 Å². The van der Waals surface area contributed by atoms with Gasteiger partial charge in [0.1, 0.15) is 6.04 Å². The van der Waals surface area contributed by atoms with Gasteiger partial charge in [0.25, 0.3) is 0 Å². The molecule has 0 aromatic carbocycles. The third-order valence-corrected chi connectivity index (χ3v) is 2.42. The summed E-state index contributed by atoms with van der Waals surface area (Å²) in [5.41, 5.74) is 5.01. The second-order valence-corrected chi connectivity index (χ2v) is 4.24. The van der Waals surface area contributed by atoms with Gasteiger partial charge in [0.05, 0.1) is 11.2 Å². The van der Waals surface area contributed by atoms with Gasteiger partial charge >= 0.3 is 6.03 Å². The predicted molar refractivity (Wildman–Crippen MR) is 67.0 cm³/mol. The second-order valence-electron chi connectivity index (χ2n) is 3.80. The Morgan fingerprint density at radius 1 is 1.61 bits per heavy atom. The quantitative estimate of drug-likeness (QED) is 0.641. The van der Waals surface area contributed by atoms with E-state index in [4.69, 9.17) is 17.3 Å². The number of primary amides is 1. The molecule has 0 aliphatic heterocycles. The van der Waals surface area contributed by atoms with Gasteiger partial charge in [-0.25, -0.2) is 4.79 Å². The fraction of sp³-hybridized carbons (Fsp3) is 0.500. The summed E-state index contributed by atoms with van der Waals surface area (Å²) < 4.78 is 1.69. The molecule has 100 valence electrons. The average molecular weight is 274 g/mol. The van der Waals surface area contributed by atoms with Crippen LogP contribution in [0.5, 0.6) is 0 Å². The lowest BCUT2D eigenvalue weighted by Crippen LogP contribution is -2.47. The summed E-state index contributed by atoms with van der Waals surface area (Å²) in [5, 5.41) is 9.61. The zero-order valence-electron chi connectivity index (χ0n) is 10.0. The number of aryl methyl sites for hydroxylation is 1. The Balaban J connectivity index is 2.14. The number of rotatable bonds is 6. The molecule has 8 heteroatoms. The van der Waals surface area contributed by atoms with Crippen LogP contribution in [0.1, 0.15) is 13.3 Å². The Labute approximate surface area is 110 Å². The number of nitrogens with zero attached hydrogens (tertiary/aromatic N) is 2. The molecule has 1 aromatic heterocycles. The summed E-state index contributed by atoms with van der Waals surface area (Å²) in [5.74, 6) is -0.573. The molecule has 3 amide bonds. The fourth-order valence-electron chi connectivity index (χ4n) is 1.22. The van der Waals surface area contributed by atoms with Crippen LogP contribution in [0.4, 0.5) is 4.79 Å². The highest BCUT2D eigenvalue weighted by Crippen LogP contribution is 2.04. The predicted octanol–water partition coefficient (Wildman–Crippen LogP) is 0.0996. The van der Waals surface area contributed by atoms with Crippen LogP contribution in [0.3, 0.4) is 0 Å². The third-order valence-electron chi connectivity index (χ3n) is 2.23. The van der Waals surface area contributed by atoms with E-state index in [1.54, 1.807) is 17.1 Å². The van der Waals surface area contributed by atoms with Crippen molar-refractivity contribution in [3.05, 3.63) is 17.4 Å². The van der Waals surface area contributed by atoms with Crippen LogP contribution in [-0.4, -0.2) is 34.3 Å². The van der Waals surface area contributed by atoms with Crippen molar-refractivity contribution in [2.45, 2.75) is 25.9 Å². The highest BCUT2D eigenvalue weighted by atomic mass is 35.5. The summed E-state index contributed by atoms with van der Waals surface area (Å²) in [4.78, 5) is 22.0. The van der Waals surface area contributed by atoms with Gasteiger partial charge in [-0.15, -0.1) is 0 Å². The maximum atomic E-state index is 11.3. The van der Waals surface area contributed by atoms with Gasteiger partial charge in [-0.2, -0.15) is 5.10 Å². The normalized spacial score (nSPS) is 11.9. The van der Waals surface area contributed by atoms with E-state index in [1.807, 2.05) is 0 Å². The van der Waals surface area contributed by atoms with Gasteiger partial charge in [-0.1, -0.05) is 11.6 Å². The molecule has 0 radical (unpaired) electrons. The molecule has 0 spiro atoms. The van der Waals surface area contributed by atoms with Gasteiger partial charge < -0.3 is 16.4 Å². The van der Waals surface area contributed by atoms with Crippen molar-refractivity contribution in [2.24, 2.45) is 5.73 Å². The van der Waals surface area contributed by atoms with E-state index < -0.39 is 18.0 Å². The lowest BCUT2D eigenvalue weighted by atomic mass is 10.3. The zero-order chi connectivity index (χ0) is 13.5. The second kappa shape index (κ2) is 6.85. The Morgan fingerprint density at radius 3 is 2.89 bits per heavy atom. The Kier molecular flexibility index (Phi) is 5.44. The standard InChI is InChI=1S/C10H16ClN5O2/c1-7(9(12)17)15-10(18)13-3-2-4-16-6-8(11)5-14-16/h5-7H,2-4H2,1H3,(H2,12,17)(H2,13,15,18)/t7-/m0/s1. The van der Waals surface area contributed by atoms with Gasteiger partial charge in [-0.05, 0) is 13.3 Å². The molecule has 0 aliphatic rings. The van der Waals surface area contributed by atoms with Gasteiger partial charge in [0, 0.05) is 19.3 Å². The molecule has 1 atom stereocenters. The SMILES string of the molecule is C[C@H](NC(=O)NCCCn1cc(Cl)cn1)C(N)=O. The minimum Gasteiger partial charge on any atom is -0.368 e. The molecule has 1 rings (SSSR count). The first-order valence-electron chi connectivity index (χ1n) is 5.50. The van der Waals surface area contributed by atoms with E-state index in [2.05, 4.69) is 15.7 Å². The number of urea groups is 1. The van der Waals surface area contributed by atoms with Crippen LogP contribution in [0.2, 0.25) is 5.02 Å². The first-order valence-corrected chi connectivity index (χ1v) is 5.88. The van der Waals surface area contributed by atoms with E-state index in [1.165, 1.54) is 6.92 Å². The van der Waals surface area contributed by atoms with Crippen LogP contribution < -0.4 is 16.4 Å². The van der Waals surface area contributed by atoms with Crippen molar-refractivity contribution < 1.29 is 9.59 Å². The topological polar surface area (TPSA) is 102 Å². The number of carbonyl (C=O) groups excluding carboxylic acids is 2. The number of halogens is 1. The van der Waals surface area contributed by atoms with Gasteiger partial charge in [0.2, 0.25) is 5.91 Å². The summed E-state index contributed by atoms with van der Waals surface area (Å²) in [6, 6.07) is -1.10. The number of hydrogen-bond acceptors (Lipinski definition) is 3. The first kappa shape index (κ1) is 14.3. The van der Waals surface area contributed by atoms with Crippen molar-refractivity contribution in [3.63, 3.8) is 0 Å². The molecule has 0 aliphatic carbocycles. The number of amides is 3. The molecule has 0 unspecified atom stereocenters. The maximum Gasteiger partial charge on any atom is 0.315 e. The Bertz CT molecular complexity index is 420. The number of hydrogen-bond donors (Lipinski definition) is 3. The molecule has 0 fully saturated rings. The highest BCUT2D eigenvalue weighted by Gasteiger charge is 2.10. The van der Waals surface area contributed by atoms with E-state index >= 15 is 0 Å². The van der Waals surface area contributed by atoms with E-state index in [9.17, 15) is 9.59 Å². The average Bonchev–Trinajstić information content (AvgIpc) is 2.70. The smallest absolute Gasteiger partial charge is 0.315 e. The molecule has 0 saturated carbocycles. The van der Waals surface area contributed by atoms with Crippen molar-refractivity contribution in [2.75, 3.05) is 6.54 Å². The third kappa shape index (κ3) is 5.05. The van der Waals surface area contributed by atoms with Crippen LogP contribution >= 0.6 is 11.6 Å². The monoisotopic (exact) mass is 273 g/mol. The Hall–Kier alpha value is -1.76. The minimum absolute atomic E-state index is 0.417. The van der Waals surface area contributed by atoms with Crippen molar-refractivity contribution >= 4 is 23.5 Å². The van der Waals surface area contributed by atoms with E-state index in [0.29, 0.717) is 24.5 Å². The molecule has 7 nitrogen and oxygen atoms in total. The molecular weight excluding hydrogens is 258 g/mol. The lowest BCUT2D eigenvalue weighted by molar-refractivity contribution is -0.119. The van der Waals surface area contributed by atoms with Crippen molar-refractivity contribution in [3.8, 4) is 0 Å². The first-order chi connectivity index (χ1) is 8.49. The number of carbonyl (C=O) groups is 2. The summed E-state index contributed by atoms with van der Waals surface area (Å²) in [6.45, 7) is 2.64. The summed E-state index contributed by atoms with van der Waals surface area (Å²) >= 11 is 5.70. The van der Waals surface area contributed by atoms with Crippen molar-refractivity contribution in [1.82, 2.24) is 20.4 Å². The molecule has 0 bridgehead atoms. The van der Waals surface area contributed by atoms with Crippen LogP contribution in [0.25, 0.3) is 0 Å². The minimum atomic E-state index is -0.685. The maximum absolute atomic E-state index is 11.3. The van der Waals surface area contributed by atoms with Gasteiger partial charge in [0.15, 0.2) is 0 Å². The Morgan fingerprint density at radius 2 is 2.33 bits per heavy atom. The number of nitrogens with one attached hydrogen (secondary N) is 2. The van der Waals surface area contributed by atoms with E-state index in [0.717, 1.165) is 0 Å². The van der Waals surface area contributed by atoms with Gasteiger partial charge in [-0.3, -0.25) is 9.48 Å². The molecule has 1 heterocycles. The fourth-order valence-corrected chi connectivity index (χ4v) is 1.38. The van der Waals surface area contributed by atoms with Crippen LogP contribution in [0, 0.1) is 0 Å². The molecule has 18 heavy (non-hydrogen) atoms. The molecular formula is C10H16ClN5O2. The largest absolute Gasteiger partial charge is 0.368 e.